The van der Waals surface area contributed by atoms with Crippen molar-refractivity contribution < 1.29 is 13.9 Å². The fourth-order valence-electron chi connectivity index (χ4n) is 3.05. The summed E-state index contributed by atoms with van der Waals surface area (Å²) in [4.78, 5) is 12.1. The summed E-state index contributed by atoms with van der Waals surface area (Å²) in [6.45, 7) is 1.90. The highest BCUT2D eigenvalue weighted by Gasteiger charge is 2.35. The fraction of sp³-hybridized carbons (Fsp3) is 0.200. The molecule has 0 saturated carbocycles. The Hall–Kier alpha value is -2.51. The molecule has 0 spiro atoms. The van der Waals surface area contributed by atoms with Crippen LogP contribution in [0.3, 0.4) is 0 Å². The molecule has 0 aliphatic carbocycles. The molecule has 1 amide bonds. The molecular formula is C20H17BrFN3O2. The standard InChI is InChI=1S/C20H17BrFN3O2/c1-2-17-19(26)23-20(27-17)16-11-25(15-9-5-13(21)6-10-15)24-18(16)12-3-7-14(22)8-4-12/h3-11,17,20H,2H2,1H3,(H,23,26)/t17-,20?/m0/s1. The van der Waals surface area contributed by atoms with Gasteiger partial charge in [0.1, 0.15) is 17.6 Å². The van der Waals surface area contributed by atoms with Crippen LogP contribution in [0.1, 0.15) is 25.1 Å². The van der Waals surface area contributed by atoms with E-state index in [1.54, 1.807) is 16.8 Å². The number of carbonyl (C=O) groups excluding carboxylic acids is 1. The van der Waals surface area contributed by atoms with Gasteiger partial charge in [0.15, 0.2) is 6.23 Å². The first-order chi connectivity index (χ1) is 13.0. The van der Waals surface area contributed by atoms with E-state index in [9.17, 15) is 9.18 Å². The van der Waals surface area contributed by atoms with Crippen molar-refractivity contribution in [3.63, 3.8) is 0 Å². The van der Waals surface area contributed by atoms with E-state index in [1.807, 2.05) is 37.4 Å². The normalized spacial score (nSPS) is 19.3. The molecule has 1 fully saturated rings. The first-order valence-electron chi connectivity index (χ1n) is 8.62. The highest BCUT2D eigenvalue weighted by atomic mass is 79.9. The maximum atomic E-state index is 13.3. The van der Waals surface area contributed by atoms with Crippen LogP contribution in [0.2, 0.25) is 0 Å². The third kappa shape index (κ3) is 3.52. The van der Waals surface area contributed by atoms with E-state index in [2.05, 4.69) is 26.3 Å². The van der Waals surface area contributed by atoms with Crippen LogP contribution in [-0.2, 0) is 9.53 Å². The minimum atomic E-state index is -0.591. The first kappa shape index (κ1) is 17.9. The van der Waals surface area contributed by atoms with Gasteiger partial charge in [0.05, 0.1) is 5.69 Å². The zero-order valence-corrected chi connectivity index (χ0v) is 16.1. The molecule has 5 nitrogen and oxygen atoms in total. The number of benzene rings is 2. The van der Waals surface area contributed by atoms with E-state index in [0.29, 0.717) is 12.1 Å². The summed E-state index contributed by atoms with van der Waals surface area (Å²) in [6, 6.07) is 13.8. The average Bonchev–Trinajstić information content (AvgIpc) is 3.26. The highest BCUT2D eigenvalue weighted by Crippen LogP contribution is 2.32. The molecule has 2 heterocycles. The Morgan fingerprint density at radius 2 is 1.89 bits per heavy atom. The van der Waals surface area contributed by atoms with Gasteiger partial charge in [-0.1, -0.05) is 22.9 Å². The van der Waals surface area contributed by atoms with Crippen LogP contribution in [0.4, 0.5) is 4.39 Å². The Morgan fingerprint density at radius 3 is 2.52 bits per heavy atom. The van der Waals surface area contributed by atoms with Crippen molar-refractivity contribution in [3.8, 4) is 16.9 Å². The molecule has 3 aromatic rings. The lowest BCUT2D eigenvalue weighted by atomic mass is 10.1. The second kappa shape index (κ2) is 7.25. The zero-order chi connectivity index (χ0) is 19.0. The van der Waals surface area contributed by atoms with Gasteiger partial charge in [0.25, 0.3) is 5.91 Å². The van der Waals surface area contributed by atoms with Gasteiger partial charge in [-0.25, -0.2) is 9.07 Å². The van der Waals surface area contributed by atoms with Crippen molar-refractivity contribution in [2.24, 2.45) is 0 Å². The molecule has 0 bridgehead atoms. The molecule has 1 N–H and O–H groups in total. The molecule has 2 aromatic carbocycles. The van der Waals surface area contributed by atoms with Crippen molar-refractivity contribution in [1.29, 1.82) is 0 Å². The third-order valence-corrected chi connectivity index (χ3v) is 5.00. The number of rotatable bonds is 4. The van der Waals surface area contributed by atoms with Crippen LogP contribution in [0.15, 0.2) is 59.2 Å². The van der Waals surface area contributed by atoms with Crippen LogP contribution in [0.5, 0.6) is 0 Å². The van der Waals surface area contributed by atoms with E-state index in [4.69, 9.17) is 4.74 Å². The molecule has 1 aliphatic heterocycles. The number of amides is 1. The van der Waals surface area contributed by atoms with Gasteiger partial charge in [0, 0.05) is 21.8 Å². The number of aromatic nitrogens is 2. The van der Waals surface area contributed by atoms with E-state index in [-0.39, 0.29) is 11.7 Å². The lowest BCUT2D eigenvalue weighted by Gasteiger charge is -2.10. The van der Waals surface area contributed by atoms with E-state index in [1.165, 1.54) is 12.1 Å². The molecule has 0 radical (unpaired) electrons. The van der Waals surface area contributed by atoms with Crippen molar-refractivity contribution in [3.05, 3.63) is 70.6 Å². The van der Waals surface area contributed by atoms with Gasteiger partial charge in [-0.2, -0.15) is 5.10 Å². The van der Waals surface area contributed by atoms with Gasteiger partial charge in [-0.05, 0) is 55.0 Å². The second-order valence-corrected chi connectivity index (χ2v) is 7.20. The number of hydrogen-bond donors (Lipinski definition) is 1. The minimum absolute atomic E-state index is 0.135. The maximum Gasteiger partial charge on any atom is 0.251 e. The van der Waals surface area contributed by atoms with E-state index >= 15 is 0 Å². The quantitative estimate of drug-likeness (QED) is 0.669. The number of carbonyl (C=O) groups is 1. The Morgan fingerprint density at radius 1 is 1.19 bits per heavy atom. The molecule has 27 heavy (non-hydrogen) atoms. The number of halogens is 2. The summed E-state index contributed by atoms with van der Waals surface area (Å²) < 4.78 is 21.9. The van der Waals surface area contributed by atoms with Crippen LogP contribution >= 0.6 is 15.9 Å². The monoisotopic (exact) mass is 429 g/mol. The Balaban J connectivity index is 1.79. The maximum absolute atomic E-state index is 13.3. The summed E-state index contributed by atoms with van der Waals surface area (Å²) in [7, 11) is 0. The predicted octanol–water partition coefficient (Wildman–Crippen LogP) is 4.36. The SMILES string of the molecule is CC[C@@H]1OC(c2cn(-c3ccc(Br)cc3)nc2-c2ccc(F)cc2)NC1=O. The van der Waals surface area contributed by atoms with E-state index in [0.717, 1.165) is 21.3 Å². The van der Waals surface area contributed by atoms with Crippen LogP contribution in [0.25, 0.3) is 16.9 Å². The molecule has 7 heteroatoms. The van der Waals surface area contributed by atoms with Gasteiger partial charge >= 0.3 is 0 Å². The smallest absolute Gasteiger partial charge is 0.251 e. The summed E-state index contributed by atoms with van der Waals surface area (Å²) in [5.41, 5.74) is 2.98. The predicted molar refractivity (Wildman–Crippen MR) is 103 cm³/mol. The third-order valence-electron chi connectivity index (χ3n) is 4.47. The fourth-order valence-corrected chi connectivity index (χ4v) is 3.32. The van der Waals surface area contributed by atoms with Gasteiger partial charge < -0.3 is 10.1 Å². The topological polar surface area (TPSA) is 56.1 Å². The number of nitrogens with one attached hydrogen (secondary N) is 1. The Bertz CT molecular complexity index is 970. The molecule has 1 unspecified atom stereocenters. The number of hydrogen-bond acceptors (Lipinski definition) is 3. The lowest BCUT2D eigenvalue weighted by molar-refractivity contribution is -0.123. The molecule has 1 aromatic heterocycles. The van der Waals surface area contributed by atoms with E-state index < -0.39 is 12.3 Å². The number of ether oxygens (including phenoxy) is 1. The molecule has 1 saturated heterocycles. The minimum Gasteiger partial charge on any atom is -0.341 e. The highest BCUT2D eigenvalue weighted by molar-refractivity contribution is 9.10. The van der Waals surface area contributed by atoms with Crippen molar-refractivity contribution in [2.45, 2.75) is 25.7 Å². The summed E-state index contributed by atoms with van der Waals surface area (Å²) >= 11 is 3.42. The molecule has 2 atom stereocenters. The van der Waals surface area contributed by atoms with Crippen molar-refractivity contribution >= 4 is 21.8 Å². The van der Waals surface area contributed by atoms with Crippen LogP contribution < -0.4 is 5.32 Å². The molecule has 1 aliphatic rings. The zero-order valence-electron chi connectivity index (χ0n) is 14.5. The summed E-state index contributed by atoms with van der Waals surface area (Å²) in [6.07, 6.45) is 1.36. The number of nitrogens with zero attached hydrogens (tertiary/aromatic N) is 2. The second-order valence-electron chi connectivity index (χ2n) is 6.28. The Kier molecular flexibility index (Phi) is 4.80. The molecule has 138 valence electrons. The van der Waals surface area contributed by atoms with Crippen LogP contribution in [-0.4, -0.2) is 21.8 Å². The van der Waals surface area contributed by atoms with Crippen LogP contribution in [0, 0.1) is 5.82 Å². The van der Waals surface area contributed by atoms with Gasteiger partial charge in [0.2, 0.25) is 0 Å². The summed E-state index contributed by atoms with van der Waals surface area (Å²) in [5, 5.41) is 7.55. The molecule has 4 rings (SSSR count). The van der Waals surface area contributed by atoms with Crippen molar-refractivity contribution in [2.75, 3.05) is 0 Å². The Labute approximate surface area is 164 Å². The first-order valence-corrected chi connectivity index (χ1v) is 9.41. The van der Waals surface area contributed by atoms with Crippen molar-refractivity contribution in [1.82, 2.24) is 15.1 Å². The van der Waals surface area contributed by atoms with Gasteiger partial charge in [-0.15, -0.1) is 0 Å². The lowest BCUT2D eigenvalue weighted by Crippen LogP contribution is -2.23. The largest absolute Gasteiger partial charge is 0.341 e. The molecular weight excluding hydrogens is 413 g/mol. The summed E-state index contributed by atoms with van der Waals surface area (Å²) in [5.74, 6) is -0.451. The van der Waals surface area contributed by atoms with Gasteiger partial charge in [-0.3, -0.25) is 4.79 Å². The average molecular weight is 430 g/mol.